The number of carboxylic acid groups (broad SMARTS) is 1. The van der Waals surface area contributed by atoms with Gasteiger partial charge in [-0.15, -0.1) is 0 Å². The zero-order valence-corrected chi connectivity index (χ0v) is 20.0. The molecular weight excluding hydrogens is 468 g/mol. The Bertz CT molecular complexity index is 1180. The molecule has 10 heteroatoms. The van der Waals surface area contributed by atoms with Crippen LogP contribution >= 0.6 is 11.8 Å². The van der Waals surface area contributed by atoms with Gasteiger partial charge in [-0.25, -0.2) is 9.59 Å². The molecule has 0 saturated heterocycles. The number of anilines is 1. The van der Waals surface area contributed by atoms with Crippen molar-refractivity contribution in [3.05, 3.63) is 72.1 Å². The van der Waals surface area contributed by atoms with Gasteiger partial charge >= 0.3 is 12.1 Å². The number of nitrogens with one attached hydrogen (secondary N) is 2. The Balaban J connectivity index is 1.30. The highest BCUT2D eigenvalue weighted by Crippen LogP contribution is 2.44. The predicted molar refractivity (Wildman–Crippen MR) is 133 cm³/mol. The maximum atomic E-state index is 12.4. The molecule has 182 valence electrons. The second kappa shape index (κ2) is 11.1. The molecule has 0 fully saturated rings. The fourth-order valence-corrected chi connectivity index (χ4v) is 4.62. The number of hydrogen-bond donors (Lipinski definition) is 3. The molecule has 0 spiro atoms. The summed E-state index contributed by atoms with van der Waals surface area (Å²) in [4.78, 5) is 36.0. The largest absolute Gasteiger partial charge is 0.480 e. The third-order valence-corrected chi connectivity index (χ3v) is 6.42. The lowest BCUT2D eigenvalue weighted by Crippen LogP contribution is -2.42. The van der Waals surface area contributed by atoms with Crippen molar-refractivity contribution < 1.29 is 24.2 Å². The predicted octanol–water partition coefficient (Wildman–Crippen LogP) is 3.57. The maximum absolute atomic E-state index is 12.4. The highest BCUT2D eigenvalue weighted by Gasteiger charge is 2.29. The third-order valence-electron chi connectivity index (χ3n) is 5.77. The summed E-state index contributed by atoms with van der Waals surface area (Å²) in [6.45, 7) is 0.0123. The maximum Gasteiger partial charge on any atom is 0.411 e. The topological polar surface area (TPSA) is 123 Å². The number of carboxylic acids is 1. The molecule has 0 bridgehead atoms. The van der Waals surface area contributed by atoms with E-state index in [1.54, 1.807) is 0 Å². The van der Waals surface area contributed by atoms with E-state index in [9.17, 15) is 19.5 Å². The Labute approximate surface area is 206 Å². The van der Waals surface area contributed by atoms with Crippen molar-refractivity contribution in [3.63, 3.8) is 0 Å². The number of fused-ring (bicyclic) bond motifs is 3. The fourth-order valence-electron chi connectivity index (χ4n) is 4.15. The molecular formula is C25H26N4O5S. The van der Waals surface area contributed by atoms with Crippen LogP contribution in [0, 0.1) is 0 Å². The van der Waals surface area contributed by atoms with Crippen molar-refractivity contribution in [2.45, 2.75) is 24.9 Å². The van der Waals surface area contributed by atoms with Crippen LogP contribution in [-0.4, -0.2) is 57.5 Å². The van der Waals surface area contributed by atoms with Crippen molar-refractivity contribution in [2.75, 3.05) is 23.9 Å². The second-order valence-electron chi connectivity index (χ2n) is 8.12. The lowest BCUT2D eigenvalue weighted by atomic mass is 9.98. The zero-order chi connectivity index (χ0) is 24.8. The summed E-state index contributed by atoms with van der Waals surface area (Å²) in [7, 11) is 0. The van der Waals surface area contributed by atoms with E-state index in [1.807, 2.05) is 42.7 Å². The van der Waals surface area contributed by atoms with Crippen molar-refractivity contribution in [1.82, 2.24) is 15.1 Å². The molecule has 0 unspecified atom stereocenters. The Hall–Kier alpha value is -3.79. The number of carbonyl (C=O) groups excluding carboxylic acids is 2. The lowest BCUT2D eigenvalue weighted by Gasteiger charge is -2.14. The normalized spacial score (nSPS) is 12.9. The van der Waals surface area contributed by atoms with Crippen LogP contribution < -0.4 is 10.6 Å². The van der Waals surface area contributed by atoms with Crippen LogP contribution in [0.25, 0.3) is 11.1 Å². The lowest BCUT2D eigenvalue weighted by molar-refractivity contribution is -0.142. The van der Waals surface area contributed by atoms with Crippen LogP contribution in [0.3, 0.4) is 0 Å². The van der Waals surface area contributed by atoms with Gasteiger partial charge in [0.25, 0.3) is 0 Å². The van der Waals surface area contributed by atoms with E-state index in [-0.39, 0.29) is 19.1 Å². The number of ether oxygens (including phenoxy) is 1. The van der Waals surface area contributed by atoms with Gasteiger partial charge in [0.05, 0.1) is 11.9 Å². The van der Waals surface area contributed by atoms with Gasteiger partial charge in [-0.1, -0.05) is 48.5 Å². The first-order chi connectivity index (χ1) is 17.0. The molecule has 3 N–H and O–H groups in total. The Morgan fingerprint density at radius 1 is 1.11 bits per heavy atom. The summed E-state index contributed by atoms with van der Waals surface area (Å²) in [5, 5.41) is 18.4. The van der Waals surface area contributed by atoms with Crippen LogP contribution in [0.15, 0.2) is 60.9 Å². The molecule has 9 nitrogen and oxygen atoms in total. The number of benzene rings is 2. The SMILES string of the molecule is CSCC[C@@H](NC(=O)Cn1cc(NC(=O)OCC2c3ccccc3-c3ccccc32)cn1)C(=O)O. The van der Waals surface area contributed by atoms with Crippen LogP contribution in [-0.2, 0) is 20.9 Å². The van der Waals surface area contributed by atoms with Gasteiger partial charge in [0.1, 0.15) is 19.2 Å². The minimum atomic E-state index is -1.08. The van der Waals surface area contributed by atoms with E-state index in [2.05, 4.69) is 27.9 Å². The zero-order valence-electron chi connectivity index (χ0n) is 19.1. The Morgan fingerprint density at radius 2 is 1.77 bits per heavy atom. The molecule has 0 aliphatic heterocycles. The summed E-state index contributed by atoms with van der Waals surface area (Å²) in [5.74, 6) is -0.986. The van der Waals surface area contributed by atoms with Crippen molar-refractivity contribution in [3.8, 4) is 11.1 Å². The Morgan fingerprint density at radius 3 is 2.40 bits per heavy atom. The van der Waals surface area contributed by atoms with Gasteiger partial charge in [-0.3, -0.25) is 14.8 Å². The number of rotatable bonds is 10. The first-order valence-corrected chi connectivity index (χ1v) is 12.5. The summed E-state index contributed by atoms with van der Waals surface area (Å²) in [5.41, 5.74) is 4.91. The minimum Gasteiger partial charge on any atom is -0.480 e. The van der Waals surface area contributed by atoms with Gasteiger partial charge in [0, 0.05) is 12.1 Å². The molecule has 1 heterocycles. The number of nitrogens with zero attached hydrogens (tertiary/aromatic N) is 2. The summed E-state index contributed by atoms with van der Waals surface area (Å²) < 4.78 is 6.84. The quantitative estimate of drug-likeness (QED) is 0.394. The molecule has 4 rings (SSSR count). The van der Waals surface area contributed by atoms with E-state index in [0.29, 0.717) is 17.9 Å². The second-order valence-corrected chi connectivity index (χ2v) is 9.10. The summed E-state index contributed by atoms with van der Waals surface area (Å²) >= 11 is 1.51. The summed E-state index contributed by atoms with van der Waals surface area (Å²) in [6, 6.07) is 15.2. The average Bonchev–Trinajstić information content (AvgIpc) is 3.41. The molecule has 2 amide bonds. The van der Waals surface area contributed by atoms with Crippen LogP contribution in [0.1, 0.15) is 23.5 Å². The number of carbonyl (C=O) groups is 3. The average molecular weight is 495 g/mol. The number of aliphatic carboxylic acids is 1. The molecule has 0 radical (unpaired) electrons. The van der Waals surface area contributed by atoms with Gasteiger partial charge in [-0.05, 0) is 40.7 Å². The summed E-state index contributed by atoms with van der Waals surface area (Å²) in [6.07, 6.45) is 4.46. The first kappa shape index (κ1) is 24.3. The van der Waals surface area contributed by atoms with Gasteiger partial charge < -0.3 is 15.2 Å². The molecule has 0 saturated carbocycles. The van der Waals surface area contributed by atoms with E-state index in [0.717, 1.165) is 22.3 Å². The monoisotopic (exact) mass is 494 g/mol. The minimum absolute atomic E-state index is 0.0483. The molecule has 1 atom stereocenters. The highest BCUT2D eigenvalue weighted by molar-refractivity contribution is 7.98. The van der Waals surface area contributed by atoms with Gasteiger partial charge in [0.2, 0.25) is 5.91 Å². The van der Waals surface area contributed by atoms with Crippen LogP contribution in [0.5, 0.6) is 0 Å². The van der Waals surface area contributed by atoms with E-state index < -0.39 is 24.0 Å². The molecule has 1 aliphatic carbocycles. The van der Waals surface area contributed by atoms with E-state index >= 15 is 0 Å². The number of aromatic nitrogens is 2. The van der Waals surface area contributed by atoms with Gasteiger partial charge in [-0.2, -0.15) is 16.9 Å². The van der Waals surface area contributed by atoms with E-state index in [1.165, 1.54) is 28.8 Å². The van der Waals surface area contributed by atoms with Crippen molar-refractivity contribution in [1.29, 1.82) is 0 Å². The molecule has 35 heavy (non-hydrogen) atoms. The smallest absolute Gasteiger partial charge is 0.411 e. The number of hydrogen-bond acceptors (Lipinski definition) is 6. The van der Waals surface area contributed by atoms with E-state index in [4.69, 9.17) is 4.74 Å². The van der Waals surface area contributed by atoms with Gasteiger partial charge in [0.15, 0.2) is 0 Å². The standard InChI is InChI=1S/C25H26N4O5S/c1-35-11-10-22(24(31)32)28-23(30)14-29-13-16(12-26-29)27-25(33)34-15-21-19-8-4-2-6-17(19)18-7-3-5-9-20(18)21/h2-9,12-13,21-22H,10-11,14-15H2,1H3,(H,27,33)(H,28,30)(H,31,32)/t22-/m1/s1. The van der Waals surface area contributed by atoms with Crippen LogP contribution in [0.2, 0.25) is 0 Å². The van der Waals surface area contributed by atoms with Crippen LogP contribution in [0.4, 0.5) is 10.5 Å². The number of thioether (sulfide) groups is 1. The molecule has 2 aromatic carbocycles. The Kier molecular flexibility index (Phi) is 7.71. The third kappa shape index (κ3) is 5.83. The first-order valence-electron chi connectivity index (χ1n) is 11.1. The molecule has 1 aliphatic rings. The number of amides is 2. The van der Waals surface area contributed by atoms with Crippen molar-refractivity contribution in [2.24, 2.45) is 0 Å². The molecule has 1 aromatic heterocycles. The highest BCUT2D eigenvalue weighted by atomic mass is 32.2. The fraction of sp³-hybridized carbons (Fsp3) is 0.280. The molecule has 3 aromatic rings. The van der Waals surface area contributed by atoms with Crippen molar-refractivity contribution >= 4 is 35.4 Å².